The van der Waals surface area contributed by atoms with E-state index in [4.69, 9.17) is 16.3 Å². The van der Waals surface area contributed by atoms with E-state index >= 15 is 0 Å². The van der Waals surface area contributed by atoms with Crippen molar-refractivity contribution in [3.05, 3.63) is 69.3 Å². The highest BCUT2D eigenvalue weighted by Gasteiger charge is 2.22. The number of rotatable bonds is 5. The standard InChI is InChI=1S/C19H17ClFNO2S/c1-11(12-6-8-13(20)9-7-12)22-19(23)18-14(10-24-2)17-15(21)4-3-5-16(17)25-18/h3-9,11H,10H2,1-2H3,(H,22,23). The number of benzene rings is 2. The average Bonchev–Trinajstić information content (AvgIpc) is 2.96. The van der Waals surface area contributed by atoms with Gasteiger partial charge in [-0.3, -0.25) is 4.79 Å². The number of nitrogens with one attached hydrogen (secondary N) is 1. The fraction of sp³-hybridized carbons (Fsp3) is 0.211. The summed E-state index contributed by atoms with van der Waals surface area (Å²) in [5, 5.41) is 4.06. The predicted octanol–water partition coefficient (Wildman–Crippen LogP) is 5.33. The van der Waals surface area contributed by atoms with Crippen molar-refractivity contribution in [2.75, 3.05) is 7.11 Å². The van der Waals surface area contributed by atoms with Gasteiger partial charge < -0.3 is 10.1 Å². The van der Waals surface area contributed by atoms with Crippen LogP contribution in [0.1, 0.15) is 33.8 Å². The molecule has 3 aromatic rings. The number of carbonyl (C=O) groups excluding carboxylic acids is 1. The summed E-state index contributed by atoms with van der Waals surface area (Å²) in [6.07, 6.45) is 0. The summed E-state index contributed by atoms with van der Waals surface area (Å²) in [7, 11) is 1.53. The van der Waals surface area contributed by atoms with Gasteiger partial charge in [0.05, 0.1) is 17.5 Å². The van der Waals surface area contributed by atoms with E-state index in [0.29, 0.717) is 20.8 Å². The van der Waals surface area contributed by atoms with E-state index in [1.807, 2.05) is 25.1 Å². The van der Waals surface area contributed by atoms with E-state index in [9.17, 15) is 9.18 Å². The van der Waals surface area contributed by atoms with Crippen LogP contribution in [-0.4, -0.2) is 13.0 Å². The number of halogens is 2. The lowest BCUT2D eigenvalue weighted by Gasteiger charge is -2.14. The van der Waals surface area contributed by atoms with Gasteiger partial charge in [0.25, 0.3) is 5.91 Å². The summed E-state index contributed by atoms with van der Waals surface area (Å²) in [6, 6.07) is 11.9. The van der Waals surface area contributed by atoms with Crippen LogP contribution in [0.5, 0.6) is 0 Å². The molecule has 1 N–H and O–H groups in total. The molecule has 3 rings (SSSR count). The molecule has 0 bridgehead atoms. The van der Waals surface area contributed by atoms with Gasteiger partial charge in [0.1, 0.15) is 5.82 Å². The molecule has 1 unspecified atom stereocenters. The summed E-state index contributed by atoms with van der Waals surface area (Å²) in [6.45, 7) is 2.07. The molecule has 6 heteroatoms. The summed E-state index contributed by atoms with van der Waals surface area (Å²) < 4.78 is 20.1. The number of methoxy groups -OCH3 is 1. The van der Waals surface area contributed by atoms with E-state index in [2.05, 4.69) is 5.32 Å². The van der Waals surface area contributed by atoms with Gasteiger partial charge in [-0.25, -0.2) is 4.39 Å². The third-order valence-corrected chi connectivity index (χ3v) is 5.42. The van der Waals surface area contributed by atoms with E-state index in [1.165, 1.54) is 24.5 Å². The van der Waals surface area contributed by atoms with Gasteiger partial charge in [0.15, 0.2) is 0 Å². The summed E-state index contributed by atoms with van der Waals surface area (Å²) in [4.78, 5) is 13.2. The van der Waals surface area contributed by atoms with Crippen LogP contribution in [0, 0.1) is 5.82 Å². The predicted molar refractivity (Wildman–Crippen MR) is 99.8 cm³/mol. The van der Waals surface area contributed by atoms with Crippen molar-refractivity contribution in [2.45, 2.75) is 19.6 Å². The van der Waals surface area contributed by atoms with Gasteiger partial charge >= 0.3 is 0 Å². The Labute approximate surface area is 154 Å². The molecule has 0 aliphatic heterocycles. The fourth-order valence-corrected chi connectivity index (χ4v) is 3.98. The monoisotopic (exact) mass is 377 g/mol. The number of thiophene rings is 1. The lowest BCUT2D eigenvalue weighted by atomic mass is 10.1. The smallest absolute Gasteiger partial charge is 0.262 e. The minimum absolute atomic E-state index is 0.180. The first-order valence-electron chi connectivity index (χ1n) is 7.76. The summed E-state index contributed by atoms with van der Waals surface area (Å²) in [5.41, 5.74) is 1.53. The zero-order valence-corrected chi connectivity index (χ0v) is 15.4. The Kier molecular flexibility index (Phi) is 5.37. The zero-order chi connectivity index (χ0) is 18.0. The van der Waals surface area contributed by atoms with Crippen molar-refractivity contribution >= 4 is 38.9 Å². The van der Waals surface area contributed by atoms with Gasteiger partial charge in [-0.15, -0.1) is 11.3 Å². The number of fused-ring (bicyclic) bond motifs is 1. The number of carbonyl (C=O) groups is 1. The van der Waals surface area contributed by atoms with Gasteiger partial charge in [-0.1, -0.05) is 29.8 Å². The quantitative estimate of drug-likeness (QED) is 0.652. The van der Waals surface area contributed by atoms with Crippen LogP contribution < -0.4 is 5.32 Å². The second-order valence-corrected chi connectivity index (χ2v) is 7.19. The topological polar surface area (TPSA) is 38.3 Å². The lowest BCUT2D eigenvalue weighted by Crippen LogP contribution is -2.26. The normalized spacial score (nSPS) is 12.3. The number of amides is 1. The third kappa shape index (κ3) is 3.68. The van der Waals surface area contributed by atoms with Crippen molar-refractivity contribution in [3.8, 4) is 0 Å². The summed E-state index contributed by atoms with van der Waals surface area (Å²) >= 11 is 7.17. The molecule has 130 valence electrons. The van der Waals surface area contributed by atoms with Crippen LogP contribution in [-0.2, 0) is 11.3 Å². The molecule has 1 aromatic heterocycles. The van der Waals surface area contributed by atoms with Crippen molar-refractivity contribution in [2.24, 2.45) is 0 Å². The second-order valence-electron chi connectivity index (χ2n) is 5.70. The first-order valence-corrected chi connectivity index (χ1v) is 8.96. The molecule has 1 atom stereocenters. The SMILES string of the molecule is COCc1c(C(=O)NC(C)c2ccc(Cl)cc2)sc2cccc(F)c12. The molecule has 0 saturated heterocycles. The minimum Gasteiger partial charge on any atom is -0.380 e. The Morgan fingerprint density at radius 3 is 2.68 bits per heavy atom. The van der Waals surface area contributed by atoms with Crippen LogP contribution in [0.2, 0.25) is 5.02 Å². The molecule has 0 spiro atoms. The molecule has 2 aromatic carbocycles. The van der Waals surface area contributed by atoms with Crippen molar-refractivity contribution in [1.82, 2.24) is 5.32 Å². The second kappa shape index (κ2) is 7.52. The van der Waals surface area contributed by atoms with Crippen LogP contribution in [0.25, 0.3) is 10.1 Å². The van der Waals surface area contributed by atoms with Gasteiger partial charge in [-0.2, -0.15) is 0 Å². The molecule has 1 amide bonds. The van der Waals surface area contributed by atoms with E-state index < -0.39 is 0 Å². The molecule has 25 heavy (non-hydrogen) atoms. The highest BCUT2D eigenvalue weighted by Crippen LogP contribution is 2.34. The highest BCUT2D eigenvalue weighted by molar-refractivity contribution is 7.21. The van der Waals surface area contributed by atoms with Crippen LogP contribution in [0.3, 0.4) is 0 Å². The fourth-order valence-electron chi connectivity index (χ4n) is 2.73. The van der Waals surface area contributed by atoms with Gasteiger partial charge in [-0.05, 0) is 36.8 Å². The minimum atomic E-state index is -0.342. The molecule has 0 saturated carbocycles. The van der Waals surface area contributed by atoms with E-state index in [-0.39, 0.29) is 24.4 Å². The van der Waals surface area contributed by atoms with Crippen LogP contribution >= 0.6 is 22.9 Å². The Morgan fingerprint density at radius 2 is 2.00 bits per heavy atom. The Balaban J connectivity index is 1.92. The molecular formula is C19H17ClFNO2S. The third-order valence-electron chi connectivity index (χ3n) is 3.98. The van der Waals surface area contributed by atoms with E-state index in [0.717, 1.165) is 10.3 Å². The van der Waals surface area contributed by atoms with E-state index in [1.54, 1.807) is 18.2 Å². The van der Waals surface area contributed by atoms with Gasteiger partial charge in [0, 0.05) is 27.8 Å². The lowest BCUT2D eigenvalue weighted by molar-refractivity contribution is 0.0940. The molecule has 0 radical (unpaired) electrons. The Hall–Kier alpha value is -1.95. The Bertz CT molecular complexity index is 908. The molecule has 0 aliphatic rings. The molecule has 0 aliphatic carbocycles. The van der Waals surface area contributed by atoms with Crippen molar-refractivity contribution in [3.63, 3.8) is 0 Å². The maximum Gasteiger partial charge on any atom is 0.262 e. The Morgan fingerprint density at radius 1 is 1.28 bits per heavy atom. The number of hydrogen-bond donors (Lipinski definition) is 1. The number of ether oxygens (including phenoxy) is 1. The molecular weight excluding hydrogens is 361 g/mol. The van der Waals surface area contributed by atoms with Crippen molar-refractivity contribution < 1.29 is 13.9 Å². The van der Waals surface area contributed by atoms with Gasteiger partial charge in [0.2, 0.25) is 0 Å². The first-order chi connectivity index (χ1) is 12.0. The average molecular weight is 378 g/mol. The van der Waals surface area contributed by atoms with Crippen LogP contribution in [0.15, 0.2) is 42.5 Å². The summed E-state index contributed by atoms with van der Waals surface area (Å²) in [5.74, 6) is -0.583. The zero-order valence-electron chi connectivity index (χ0n) is 13.8. The van der Waals surface area contributed by atoms with Crippen LogP contribution in [0.4, 0.5) is 4.39 Å². The largest absolute Gasteiger partial charge is 0.380 e. The first kappa shape index (κ1) is 17.9. The molecule has 1 heterocycles. The highest BCUT2D eigenvalue weighted by atomic mass is 35.5. The molecule has 3 nitrogen and oxygen atoms in total. The molecule has 0 fully saturated rings. The maximum absolute atomic E-state index is 14.2. The maximum atomic E-state index is 14.2. The number of hydrogen-bond acceptors (Lipinski definition) is 3. The van der Waals surface area contributed by atoms with Crippen molar-refractivity contribution in [1.29, 1.82) is 0 Å².